The van der Waals surface area contributed by atoms with Crippen molar-refractivity contribution in [3.05, 3.63) is 6.07 Å². The maximum Gasteiger partial charge on any atom is 0.410 e. The number of nitrogens with zero attached hydrogens (tertiary/aromatic N) is 7. The van der Waals surface area contributed by atoms with Gasteiger partial charge in [0.15, 0.2) is 0 Å². The highest BCUT2D eigenvalue weighted by Gasteiger charge is 2.27. The summed E-state index contributed by atoms with van der Waals surface area (Å²) < 4.78 is 16.2. The molecule has 0 saturated carbocycles. The van der Waals surface area contributed by atoms with Crippen molar-refractivity contribution in [1.29, 1.82) is 0 Å². The number of anilines is 3. The molecule has 3 rings (SSSR count). The van der Waals surface area contributed by atoms with Crippen molar-refractivity contribution in [2.24, 2.45) is 15.9 Å². The van der Waals surface area contributed by atoms with Crippen LogP contribution in [0.2, 0.25) is 0 Å². The normalized spacial score (nSPS) is 16.6. The molecule has 0 spiro atoms. The molecule has 3 heterocycles. The highest BCUT2D eigenvalue weighted by Crippen LogP contribution is 2.23. The fourth-order valence-electron chi connectivity index (χ4n) is 5.45. The molecular formula is C35H61N11O7. The Morgan fingerprint density at radius 3 is 2.40 bits per heavy atom. The molecule has 0 aliphatic carbocycles. The largest absolute Gasteiger partial charge is 0.444 e. The fourth-order valence-corrected chi connectivity index (χ4v) is 5.45. The number of hydrogen-bond acceptors (Lipinski definition) is 15. The van der Waals surface area contributed by atoms with Gasteiger partial charge in [0.1, 0.15) is 22.8 Å². The molecule has 1 atom stereocenters. The number of aliphatic imine (C=N–C) groups is 1. The van der Waals surface area contributed by atoms with E-state index in [9.17, 15) is 19.5 Å². The molecule has 2 aliphatic rings. The number of aromatic nitrogens is 2. The number of nitrogens with one attached hydrogen (secondary N) is 3. The Bertz CT molecular complexity index is 1380. The number of aliphatic hydroxyl groups is 1. The predicted octanol–water partition coefficient (Wildman–Crippen LogP) is 2.44. The second kappa shape index (κ2) is 20.7. The van der Waals surface area contributed by atoms with E-state index in [-0.39, 0.29) is 38.0 Å². The fraction of sp³-hybridized carbons (Fsp3) is 0.743. The van der Waals surface area contributed by atoms with Gasteiger partial charge in [-0.2, -0.15) is 15.1 Å². The SMILES string of the molecule is CC(O)CN(CCC(=O)N1CCC(Nc2cc(N3CCOCC3)nc(NC/C(C=NCCCNC(=O)OC(C)(C)C)=N/N)n2)CC1)C(=O)OC(C)(C)C. The van der Waals surface area contributed by atoms with Crippen LogP contribution in [0.4, 0.5) is 27.2 Å². The molecule has 0 radical (unpaired) electrons. The second-order valence-corrected chi connectivity index (χ2v) is 15.2. The van der Waals surface area contributed by atoms with Gasteiger partial charge in [-0.1, -0.05) is 0 Å². The maximum absolute atomic E-state index is 13.1. The van der Waals surface area contributed by atoms with Crippen molar-refractivity contribution >= 4 is 47.6 Å². The molecule has 53 heavy (non-hydrogen) atoms. The van der Waals surface area contributed by atoms with Crippen LogP contribution in [0, 0.1) is 0 Å². The van der Waals surface area contributed by atoms with Gasteiger partial charge in [0.25, 0.3) is 0 Å². The molecule has 18 heteroatoms. The Balaban J connectivity index is 1.54. The number of alkyl carbamates (subject to hydrolysis) is 1. The topological polar surface area (TPSA) is 221 Å². The van der Waals surface area contributed by atoms with Crippen molar-refractivity contribution < 1.29 is 33.7 Å². The third-order valence-electron chi connectivity index (χ3n) is 7.95. The molecule has 298 valence electrons. The van der Waals surface area contributed by atoms with Gasteiger partial charge in [0.2, 0.25) is 11.9 Å². The third kappa shape index (κ3) is 16.8. The van der Waals surface area contributed by atoms with Crippen molar-refractivity contribution in [3.8, 4) is 0 Å². The lowest BCUT2D eigenvalue weighted by atomic mass is 10.0. The maximum atomic E-state index is 13.1. The van der Waals surface area contributed by atoms with Gasteiger partial charge in [0, 0.05) is 77.1 Å². The van der Waals surface area contributed by atoms with E-state index in [0.29, 0.717) is 89.2 Å². The zero-order chi connectivity index (χ0) is 39.0. The average molecular weight is 748 g/mol. The first kappa shape index (κ1) is 43.0. The molecule has 1 aromatic heterocycles. The van der Waals surface area contributed by atoms with Crippen molar-refractivity contribution in [1.82, 2.24) is 25.1 Å². The number of hydrogen-bond donors (Lipinski definition) is 5. The molecule has 18 nitrogen and oxygen atoms in total. The minimum absolute atomic E-state index is 0.0518. The lowest BCUT2D eigenvalue weighted by molar-refractivity contribution is -0.132. The van der Waals surface area contributed by atoms with Gasteiger partial charge in [-0.3, -0.25) is 9.79 Å². The minimum Gasteiger partial charge on any atom is -0.444 e. The van der Waals surface area contributed by atoms with Crippen molar-refractivity contribution in [2.75, 3.05) is 87.7 Å². The molecule has 2 fully saturated rings. The molecule has 1 unspecified atom stereocenters. The minimum atomic E-state index is -0.747. The number of nitrogens with two attached hydrogens (primary N) is 1. The first-order valence-corrected chi connectivity index (χ1v) is 18.4. The Labute approximate surface area is 313 Å². The molecule has 0 bridgehead atoms. The van der Waals surface area contributed by atoms with Gasteiger partial charge in [-0.05, 0) is 67.7 Å². The zero-order valence-corrected chi connectivity index (χ0v) is 32.5. The summed E-state index contributed by atoms with van der Waals surface area (Å²) in [7, 11) is 0. The summed E-state index contributed by atoms with van der Waals surface area (Å²) >= 11 is 0. The lowest BCUT2D eigenvalue weighted by Crippen LogP contribution is -2.45. The van der Waals surface area contributed by atoms with Crippen molar-refractivity contribution in [2.45, 2.75) is 97.5 Å². The van der Waals surface area contributed by atoms with Gasteiger partial charge in [0.05, 0.1) is 31.6 Å². The Morgan fingerprint density at radius 1 is 1.09 bits per heavy atom. The number of aliphatic hydroxyl groups excluding tert-OH is 1. The molecule has 2 aliphatic heterocycles. The molecular weight excluding hydrogens is 686 g/mol. The summed E-state index contributed by atoms with van der Waals surface area (Å²) in [6.07, 6.45) is 2.00. The van der Waals surface area contributed by atoms with E-state index in [0.717, 1.165) is 5.82 Å². The molecule has 2 saturated heterocycles. The monoisotopic (exact) mass is 747 g/mol. The standard InChI is InChI=1S/C35H61N11O7/c1-25(47)24-46(33(50)53-35(5,6)7)16-11-30(48)45-14-9-26(10-15-45)40-28-21-29(44-17-19-51-20-18-44)42-31(41-28)39-23-27(43-36)22-37-12-8-13-38-32(49)52-34(2,3)4/h21-22,25-26,47H,8-20,23-24,36H2,1-7H3,(H,38,49)(H2,39,40,41,42)/b37-22?,43-27+. The van der Waals surface area contributed by atoms with E-state index in [2.05, 4.69) is 30.9 Å². The molecule has 6 N–H and O–H groups in total. The highest BCUT2D eigenvalue weighted by atomic mass is 16.6. The lowest BCUT2D eigenvalue weighted by Gasteiger charge is -2.34. The van der Waals surface area contributed by atoms with Crippen LogP contribution in [-0.4, -0.2) is 150 Å². The Morgan fingerprint density at radius 2 is 1.77 bits per heavy atom. The molecule has 3 amide bonds. The van der Waals surface area contributed by atoms with Gasteiger partial charge in [-0.25, -0.2) is 9.59 Å². The Hall–Kier alpha value is -4.45. The number of carbonyl (C=O) groups excluding carboxylic acids is 3. The number of carbonyl (C=O) groups is 3. The van der Waals surface area contributed by atoms with Crippen LogP contribution in [-0.2, 0) is 19.0 Å². The van der Waals surface area contributed by atoms with Gasteiger partial charge >= 0.3 is 12.2 Å². The van der Waals surface area contributed by atoms with Crippen LogP contribution in [0.15, 0.2) is 16.2 Å². The average Bonchev–Trinajstić information content (AvgIpc) is 3.08. The summed E-state index contributed by atoms with van der Waals surface area (Å²) in [5.41, 5.74) is -0.739. The van der Waals surface area contributed by atoms with Crippen LogP contribution in [0.1, 0.15) is 74.1 Å². The van der Waals surface area contributed by atoms with Crippen LogP contribution < -0.4 is 26.7 Å². The molecule has 0 aromatic carbocycles. The number of piperidine rings is 1. The van der Waals surface area contributed by atoms with E-state index in [1.165, 1.54) is 4.90 Å². The van der Waals surface area contributed by atoms with Gasteiger partial charge < -0.3 is 55.8 Å². The number of amides is 3. The third-order valence-corrected chi connectivity index (χ3v) is 7.95. The van der Waals surface area contributed by atoms with E-state index in [1.54, 1.807) is 33.9 Å². The van der Waals surface area contributed by atoms with Crippen LogP contribution in [0.25, 0.3) is 0 Å². The number of ether oxygens (including phenoxy) is 3. The number of rotatable bonds is 16. The van der Waals surface area contributed by atoms with Crippen LogP contribution >= 0.6 is 0 Å². The summed E-state index contributed by atoms with van der Waals surface area (Å²) in [6, 6.07) is 2.00. The second-order valence-electron chi connectivity index (χ2n) is 15.2. The summed E-state index contributed by atoms with van der Waals surface area (Å²) in [4.78, 5) is 56.8. The van der Waals surface area contributed by atoms with E-state index in [1.807, 2.05) is 31.7 Å². The van der Waals surface area contributed by atoms with Crippen LogP contribution in [0.5, 0.6) is 0 Å². The number of likely N-dealkylation sites (tertiary alicyclic amines) is 1. The van der Waals surface area contributed by atoms with E-state index < -0.39 is 29.5 Å². The summed E-state index contributed by atoms with van der Waals surface area (Å²) in [5.74, 6) is 7.39. The van der Waals surface area contributed by atoms with E-state index in [4.69, 9.17) is 30.0 Å². The van der Waals surface area contributed by atoms with E-state index >= 15 is 0 Å². The quantitative estimate of drug-likeness (QED) is 0.0711. The summed E-state index contributed by atoms with van der Waals surface area (Å²) in [5, 5.41) is 23.2. The predicted molar refractivity (Wildman–Crippen MR) is 205 cm³/mol. The Kier molecular flexibility index (Phi) is 16.8. The smallest absolute Gasteiger partial charge is 0.410 e. The number of morpholine rings is 1. The van der Waals surface area contributed by atoms with Crippen molar-refractivity contribution in [3.63, 3.8) is 0 Å². The number of hydrazone groups is 1. The first-order chi connectivity index (χ1) is 25.0. The molecule has 1 aromatic rings. The van der Waals surface area contributed by atoms with Gasteiger partial charge in [-0.15, -0.1) is 0 Å². The highest BCUT2D eigenvalue weighted by molar-refractivity contribution is 6.32. The first-order valence-electron chi connectivity index (χ1n) is 18.4. The zero-order valence-electron chi connectivity index (χ0n) is 32.5. The van der Waals surface area contributed by atoms with Crippen LogP contribution in [0.3, 0.4) is 0 Å². The summed E-state index contributed by atoms with van der Waals surface area (Å²) in [6.45, 7) is 17.4.